The third-order valence-corrected chi connectivity index (χ3v) is 4.18. The fourth-order valence-electron chi connectivity index (χ4n) is 3.01. The normalized spacial score (nSPS) is 25.4. The first-order valence-electron chi connectivity index (χ1n) is 7.03. The molecule has 2 aliphatic rings. The van der Waals surface area contributed by atoms with E-state index in [-0.39, 0.29) is 5.91 Å². The summed E-state index contributed by atoms with van der Waals surface area (Å²) in [4.78, 5) is 22.8. The summed E-state index contributed by atoms with van der Waals surface area (Å²) in [7, 11) is 0. The summed E-state index contributed by atoms with van der Waals surface area (Å²) in [5.74, 6) is 2.16. The van der Waals surface area contributed by atoms with Crippen molar-refractivity contribution in [2.45, 2.75) is 26.2 Å². The van der Waals surface area contributed by atoms with E-state index in [1.807, 2.05) is 11.8 Å². The van der Waals surface area contributed by atoms with E-state index in [1.54, 1.807) is 12.4 Å². The zero-order chi connectivity index (χ0) is 13.2. The van der Waals surface area contributed by atoms with Gasteiger partial charge in [-0.2, -0.15) is 0 Å². The first-order valence-corrected chi connectivity index (χ1v) is 7.03. The number of aryl methyl sites for hydroxylation is 1. The van der Waals surface area contributed by atoms with Gasteiger partial charge >= 0.3 is 0 Å². The van der Waals surface area contributed by atoms with Crippen molar-refractivity contribution in [3.05, 3.63) is 35.9 Å². The van der Waals surface area contributed by atoms with Gasteiger partial charge in [0.2, 0.25) is 0 Å². The lowest BCUT2D eigenvalue weighted by Crippen LogP contribution is -2.29. The van der Waals surface area contributed by atoms with Crippen LogP contribution in [-0.4, -0.2) is 33.9 Å². The fraction of sp³-hybridized carbons (Fsp3) is 0.533. The van der Waals surface area contributed by atoms with Gasteiger partial charge in [-0.25, -0.2) is 9.97 Å². The summed E-state index contributed by atoms with van der Waals surface area (Å²) in [6.45, 7) is 3.77. The van der Waals surface area contributed by atoms with E-state index in [4.69, 9.17) is 0 Å². The van der Waals surface area contributed by atoms with Crippen molar-refractivity contribution in [1.29, 1.82) is 0 Å². The summed E-state index contributed by atoms with van der Waals surface area (Å²) in [6.07, 6.45) is 10.8. The molecule has 0 bridgehead atoms. The molecular formula is C15H19N3O. The highest BCUT2D eigenvalue weighted by Crippen LogP contribution is 2.33. The van der Waals surface area contributed by atoms with Crippen LogP contribution in [0.25, 0.3) is 0 Å². The Morgan fingerprint density at radius 3 is 2.32 bits per heavy atom. The topological polar surface area (TPSA) is 46.1 Å². The number of amides is 1. The molecule has 1 amide bonds. The number of nitrogens with zero attached hydrogens (tertiary/aromatic N) is 3. The molecule has 1 fully saturated rings. The van der Waals surface area contributed by atoms with Crippen LogP contribution in [0, 0.1) is 11.8 Å². The molecule has 0 saturated carbocycles. The lowest BCUT2D eigenvalue weighted by molar-refractivity contribution is 0.0783. The van der Waals surface area contributed by atoms with E-state index in [0.29, 0.717) is 17.4 Å². The minimum atomic E-state index is 0.0806. The van der Waals surface area contributed by atoms with Gasteiger partial charge in [0.1, 0.15) is 5.82 Å². The van der Waals surface area contributed by atoms with Gasteiger partial charge in [-0.15, -0.1) is 0 Å². The van der Waals surface area contributed by atoms with E-state index in [0.717, 1.165) is 38.2 Å². The molecule has 1 aliphatic heterocycles. The van der Waals surface area contributed by atoms with Crippen LogP contribution >= 0.6 is 0 Å². The zero-order valence-corrected chi connectivity index (χ0v) is 11.2. The molecule has 2 heterocycles. The Labute approximate surface area is 113 Å². The second kappa shape index (κ2) is 5.11. The number of carbonyl (C=O) groups is 1. The highest BCUT2D eigenvalue weighted by molar-refractivity contribution is 5.93. The third-order valence-electron chi connectivity index (χ3n) is 4.18. The maximum absolute atomic E-state index is 12.4. The number of allylic oxidation sites excluding steroid dienone is 2. The fourth-order valence-corrected chi connectivity index (χ4v) is 3.01. The zero-order valence-electron chi connectivity index (χ0n) is 11.2. The Kier molecular flexibility index (Phi) is 3.32. The number of rotatable bonds is 2. The number of carbonyl (C=O) groups excluding carboxylic acids is 1. The third kappa shape index (κ3) is 2.39. The van der Waals surface area contributed by atoms with Crippen LogP contribution in [0.2, 0.25) is 0 Å². The van der Waals surface area contributed by atoms with Crippen molar-refractivity contribution < 1.29 is 4.79 Å². The van der Waals surface area contributed by atoms with Crippen LogP contribution in [0.15, 0.2) is 24.5 Å². The second-order valence-corrected chi connectivity index (χ2v) is 5.41. The quantitative estimate of drug-likeness (QED) is 0.762. The minimum Gasteiger partial charge on any atom is -0.338 e. The molecule has 1 aliphatic carbocycles. The maximum atomic E-state index is 12.4. The predicted octanol–water partition coefficient (Wildman–Crippen LogP) is 2.08. The minimum absolute atomic E-state index is 0.0806. The maximum Gasteiger partial charge on any atom is 0.257 e. The van der Waals surface area contributed by atoms with E-state index in [9.17, 15) is 4.79 Å². The molecular weight excluding hydrogens is 238 g/mol. The molecule has 0 radical (unpaired) electrons. The summed E-state index contributed by atoms with van der Waals surface area (Å²) in [5.41, 5.74) is 0.615. The van der Waals surface area contributed by atoms with Crippen molar-refractivity contribution >= 4 is 5.91 Å². The second-order valence-electron chi connectivity index (χ2n) is 5.41. The van der Waals surface area contributed by atoms with Crippen LogP contribution in [0.5, 0.6) is 0 Å². The first kappa shape index (κ1) is 12.3. The molecule has 0 spiro atoms. The molecule has 4 nitrogen and oxygen atoms in total. The Morgan fingerprint density at radius 2 is 1.79 bits per heavy atom. The van der Waals surface area contributed by atoms with Crippen molar-refractivity contribution in [3.63, 3.8) is 0 Å². The smallest absolute Gasteiger partial charge is 0.257 e. The standard InChI is InChI=1S/C15H19N3O/c1-2-14-16-7-13(8-17-14)15(19)18-9-11-5-3-4-6-12(11)10-18/h3-4,7-8,11-12H,2,5-6,9-10H2,1H3/t11-,12+. The van der Waals surface area contributed by atoms with Crippen LogP contribution in [-0.2, 0) is 6.42 Å². The number of fused-ring (bicyclic) bond motifs is 1. The largest absolute Gasteiger partial charge is 0.338 e. The number of hydrogen-bond acceptors (Lipinski definition) is 3. The molecule has 1 saturated heterocycles. The molecule has 3 rings (SSSR count). The van der Waals surface area contributed by atoms with Gasteiger partial charge in [-0.1, -0.05) is 19.1 Å². The van der Waals surface area contributed by atoms with Gasteiger partial charge in [-0.3, -0.25) is 4.79 Å². The lowest BCUT2D eigenvalue weighted by Gasteiger charge is -2.17. The van der Waals surface area contributed by atoms with Gasteiger partial charge in [0.05, 0.1) is 5.56 Å². The highest BCUT2D eigenvalue weighted by atomic mass is 16.2. The molecule has 0 unspecified atom stereocenters. The first-order chi connectivity index (χ1) is 9.28. The van der Waals surface area contributed by atoms with Gasteiger partial charge in [-0.05, 0) is 24.7 Å². The average molecular weight is 257 g/mol. The van der Waals surface area contributed by atoms with Crippen LogP contribution in [0.3, 0.4) is 0 Å². The Balaban J connectivity index is 1.70. The van der Waals surface area contributed by atoms with Gasteiger partial charge < -0.3 is 4.90 Å². The number of likely N-dealkylation sites (tertiary alicyclic amines) is 1. The van der Waals surface area contributed by atoms with Gasteiger partial charge in [0, 0.05) is 31.9 Å². The van der Waals surface area contributed by atoms with Crippen molar-refractivity contribution in [2.75, 3.05) is 13.1 Å². The predicted molar refractivity (Wildman–Crippen MR) is 72.7 cm³/mol. The Bertz CT molecular complexity index is 479. The summed E-state index contributed by atoms with van der Waals surface area (Å²) >= 11 is 0. The Hall–Kier alpha value is -1.71. The molecule has 1 aromatic rings. The van der Waals surface area contributed by atoms with Crippen molar-refractivity contribution in [3.8, 4) is 0 Å². The van der Waals surface area contributed by atoms with Gasteiger partial charge in [0.15, 0.2) is 0 Å². The van der Waals surface area contributed by atoms with E-state index in [1.165, 1.54) is 0 Å². The Morgan fingerprint density at radius 1 is 1.21 bits per heavy atom. The molecule has 19 heavy (non-hydrogen) atoms. The van der Waals surface area contributed by atoms with Crippen LogP contribution in [0.1, 0.15) is 35.9 Å². The monoisotopic (exact) mass is 257 g/mol. The summed E-state index contributed by atoms with van der Waals surface area (Å²) in [5, 5.41) is 0. The molecule has 0 N–H and O–H groups in total. The van der Waals surface area contributed by atoms with Crippen LogP contribution in [0.4, 0.5) is 0 Å². The van der Waals surface area contributed by atoms with Crippen molar-refractivity contribution in [2.24, 2.45) is 11.8 Å². The highest BCUT2D eigenvalue weighted by Gasteiger charge is 2.35. The lowest BCUT2D eigenvalue weighted by atomic mass is 9.86. The van der Waals surface area contributed by atoms with E-state index in [2.05, 4.69) is 22.1 Å². The number of aromatic nitrogens is 2. The molecule has 1 aromatic heterocycles. The SMILES string of the molecule is CCc1ncc(C(=O)N2C[C@H]3CC=CC[C@H]3C2)cn1. The molecule has 100 valence electrons. The summed E-state index contributed by atoms with van der Waals surface area (Å²) < 4.78 is 0. The molecule has 0 aromatic carbocycles. The van der Waals surface area contributed by atoms with Crippen LogP contribution < -0.4 is 0 Å². The molecule has 2 atom stereocenters. The average Bonchev–Trinajstić information content (AvgIpc) is 2.90. The molecule has 4 heteroatoms. The number of hydrogen-bond donors (Lipinski definition) is 0. The summed E-state index contributed by atoms with van der Waals surface area (Å²) in [6, 6.07) is 0. The van der Waals surface area contributed by atoms with E-state index >= 15 is 0 Å². The van der Waals surface area contributed by atoms with Gasteiger partial charge in [0.25, 0.3) is 5.91 Å². The van der Waals surface area contributed by atoms with E-state index < -0.39 is 0 Å². The van der Waals surface area contributed by atoms with Crippen molar-refractivity contribution in [1.82, 2.24) is 14.9 Å².